The third-order valence-corrected chi connectivity index (χ3v) is 6.25. The van der Waals surface area contributed by atoms with Crippen molar-refractivity contribution >= 4 is 6.09 Å². The molecule has 2 aliphatic rings. The van der Waals surface area contributed by atoms with E-state index in [0.29, 0.717) is 6.54 Å². The van der Waals surface area contributed by atoms with E-state index < -0.39 is 11.1 Å². The summed E-state index contributed by atoms with van der Waals surface area (Å²) in [7, 11) is 0. The summed E-state index contributed by atoms with van der Waals surface area (Å²) in [4.78, 5) is 14.8. The molecule has 130 valence electrons. The van der Waals surface area contributed by atoms with Crippen molar-refractivity contribution < 1.29 is 9.53 Å². The van der Waals surface area contributed by atoms with E-state index in [4.69, 9.17) is 4.74 Å². The number of benzene rings is 2. The molecular formula is C22H25NO2. The van der Waals surface area contributed by atoms with E-state index in [1.807, 2.05) is 23.1 Å². The minimum absolute atomic E-state index is 0.0338. The molecule has 1 fully saturated rings. The zero-order valence-electron chi connectivity index (χ0n) is 15.4. The molecular weight excluding hydrogens is 310 g/mol. The van der Waals surface area contributed by atoms with E-state index in [1.54, 1.807) is 0 Å². The van der Waals surface area contributed by atoms with Crippen LogP contribution in [0, 0.1) is 0 Å². The second-order valence-corrected chi connectivity index (χ2v) is 8.35. The molecule has 1 aliphatic heterocycles. The maximum absolute atomic E-state index is 12.9. The van der Waals surface area contributed by atoms with E-state index in [1.165, 1.54) is 11.1 Å². The van der Waals surface area contributed by atoms with Gasteiger partial charge in [0.1, 0.15) is 11.1 Å². The normalized spacial score (nSPS) is 29.8. The van der Waals surface area contributed by atoms with Crippen LogP contribution >= 0.6 is 0 Å². The van der Waals surface area contributed by atoms with Crippen molar-refractivity contribution in [3.8, 4) is 0 Å². The lowest BCUT2D eigenvalue weighted by Gasteiger charge is -2.52. The van der Waals surface area contributed by atoms with Crippen LogP contribution in [0.3, 0.4) is 0 Å². The first-order chi connectivity index (χ1) is 11.8. The van der Waals surface area contributed by atoms with Crippen molar-refractivity contribution in [2.45, 2.75) is 57.2 Å². The number of fused-ring (bicyclic) bond motifs is 3. The molecule has 1 heterocycles. The maximum atomic E-state index is 12.9. The second-order valence-electron chi connectivity index (χ2n) is 8.35. The van der Waals surface area contributed by atoms with Crippen LogP contribution in [0.2, 0.25) is 0 Å². The molecule has 0 saturated carbocycles. The van der Waals surface area contributed by atoms with Crippen molar-refractivity contribution in [2.24, 2.45) is 0 Å². The zero-order chi connectivity index (χ0) is 17.9. The van der Waals surface area contributed by atoms with E-state index in [-0.39, 0.29) is 11.5 Å². The third-order valence-electron chi connectivity index (χ3n) is 6.25. The van der Waals surface area contributed by atoms with Crippen LogP contribution in [0.4, 0.5) is 4.79 Å². The Bertz CT molecular complexity index is 829. The number of hydrogen-bond acceptors (Lipinski definition) is 2. The fourth-order valence-corrected chi connectivity index (χ4v) is 4.88. The molecule has 1 saturated heterocycles. The van der Waals surface area contributed by atoms with Gasteiger partial charge in [-0.05, 0) is 42.4 Å². The van der Waals surface area contributed by atoms with Crippen molar-refractivity contribution in [2.75, 3.05) is 0 Å². The van der Waals surface area contributed by atoms with E-state index >= 15 is 0 Å². The number of carbonyl (C=O) groups is 1. The van der Waals surface area contributed by atoms with Crippen LogP contribution in [0.15, 0.2) is 54.6 Å². The lowest BCUT2D eigenvalue weighted by atomic mass is 9.59. The van der Waals surface area contributed by atoms with Gasteiger partial charge in [0, 0.05) is 0 Å². The van der Waals surface area contributed by atoms with Gasteiger partial charge in [-0.25, -0.2) is 4.79 Å². The average Bonchev–Trinajstić information content (AvgIpc) is 2.76. The first kappa shape index (κ1) is 16.2. The summed E-state index contributed by atoms with van der Waals surface area (Å²) in [6.07, 6.45) is 0.589. The summed E-state index contributed by atoms with van der Waals surface area (Å²) < 4.78 is 6.02. The van der Waals surface area contributed by atoms with Crippen molar-refractivity contribution in [1.29, 1.82) is 0 Å². The molecule has 0 aromatic heterocycles. The minimum Gasteiger partial charge on any atom is -0.440 e. The Labute approximate surface area is 149 Å². The summed E-state index contributed by atoms with van der Waals surface area (Å²) >= 11 is 0. The number of hydrogen-bond donors (Lipinski definition) is 0. The molecule has 2 aromatic carbocycles. The topological polar surface area (TPSA) is 29.5 Å². The van der Waals surface area contributed by atoms with Crippen LogP contribution in [0.25, 0.3) is 0 Å². The molecule has 1 amide bonds. The molecule has 25 heavy (non-hydrogen) atoms. The average molecular weight is 335 g/mol. The van der Waals surface area contributed by atoms with Gasteiger partial charge in [-0.1, -0.05) is 68.4 Å². The summed E-state index contributed by atoms with van der Waals surface area (Å²) in [5.74, 6) is 0. The summed E-state index contributed by atoms with van der Waals surface area (Å²) in [5.41, 5.74) is 2.57. The van der Waals surface area contributed by atoms with Crippen LogP contribution < -0.4 is 0 Å². The minimum atomic E-state index is -0.545. The molecule has 0 N–H and O–H groups in total. The quantitative estimate of drug-likeness (QED) is 0.773. The summed E-state index contributed by atoms with van der Waals surface area (Å²) in [6.45, 7) is 9.29. The zero-order valence-corrected chi connectivity index (χ0v) is 15.4. The highest BCUT2D eigenvalue weighted by molar-refractivity contribution is 5.74. The van der Waals surface area contributed by atoms with Crippen LogP contribution in [-0.2, 0) is 22.2 Å². The van der Waals surface area contributed by atoms with Crippen molar-refractivity contribution in [3.05, 3.63) is 71.3 Å². The van der Waals surface area contributed by atoms with Crippen LogP contribution in [0.5, 0.6) is 0 Å². The smallest absolute Gasteiger partial charge is 0.411 e. The van der Waals surface area contributed by atoms with Gasteiger partial charge in [-0.2, -0.15) is 0 Å². The van der Waals surface area contributed by atoms with Gasteiger partial charge in [0.2, 0.25) is 0 Å². The van der Waals surface area contributed by atoms with E-state index in [2.05, 4.69) is 64.1 Å². The van der Waals surface area contributed by atoms with Gasteiger partial charge >= 0.3 is 6.09 Å². The summed E-state index contributed by atoms with van der Waals surface area (Å²) in [6, 6.07) is 18.7. The Morgan fingerprint density at radius 3 is 2.20 bits per heavy atom. The SMILES string of the molecule is CC1(C)C[C@@]2(C)OC(=O)N(Cc3ccccc3)[C@@]2(C)c2ccccc21. The molecule has 1 aliphatic carbocycles. The van der Waals surface area contributed by atoms with E-state index in [0.717, 1.165) is 12.0 Å². The van der Waals surface area contributed by atoms with Gasteiger partial charge in [0.25, 0.3) is 0 Å². The fourth-order valence-electron chi connectivity index (χ4n) is 4.88. The number of amides is 1. The molecule has 0 unspecified atom stereocenters. The van der Waals surface area contributed by atoms with Crippen LogP contribution in [-0.4, -0.2) is 16.6 Å². The van der Waals surface area contributed by atoms with Gasteiger partial charge in [0.05, 0.1) is 6.54 Å². The molecule has 0 spiro atoms. The monoisotopic (exact) mass is 335 g/mol. The van der Waals surface area contributed by atoms with Crippen LogP contribution in [0.1, 0.15) is 50.8 Å². The third kappa shape index (κ3) is 2.14. The molecule has 2 aromatic rings. The second kappa shape index (κ2) is 5.10. The number of ether oxygens (including phenoxy) is 1. The number of rotatable bonds is 2. The Hall–Kier alpha value is -2.29. The predicted molar refractivity (Wildman–Crippen MR) is 98.3 cm³/mol. The molecule has 4 rings (SSSR count). The van der Waals surface area contributed by atoms with Gasteiger partial charge < -0.3 is 4.74 Å². The lowest BCUT2D eigenvalue weighted by molar-refractivity contribution is -0.0303. The maximum Gasteiger partial charge on any atom is 0.411 e. The number of carbonyl (C=O) groups excluding carboxylic acids is 1. The molecule has 0 radical (unpaired) electrons. The predicted octanol–water partition coefficient (Wildman–Crippen LogP) is 4.99. The first-order valence-electron chi connectivity index (χ1n) is 8.92. The highest BCUT2D eigenvalue weighted by Crippen LogP contribution is 2.58. The highest BCUT2D eigenvalue weighted by Gasteiger charge is 2.65. The Kier molecular flexibility index (Phi) is 3.31. The lowest BCUT2D eigenvalue weighted by Crippen LogP contribution is -2.58. The Balaban J connectivity index is 1.88. The largest absolute Gasteiger partial charge is 0.440 e. The van der Waals surface area contributed by atoms with Gasteiger partial charge in [-0.15, -0.1) is 0 Å². The molecule has 3 nitrogen and oxygen atoms in total. The summed E-state index contributed by atoms with van der Waals surface area (Å²) in [5, 5.41) is 0. The van der Waals surface area contributed by atoms with E-state index in [9.17, 15) is 4.79 Å². The first-order valence-corrected chi connectivity index (χ1v) is 8.92. The van der Waals surface area contributed by atoms with Gasteiger partial charge in [0.15, 0.2) is 0 Å². The Morgan fingerprint density at radius 1 is 0.920 bits per heavy atom. The standard InChI is InChI=1S/C22H25NO2/c1-20(2)15-21(3)22(4,18-13-9-8-12-17(18)20)23(19(24)25-21)14-16-10-6-5-7-11-16/h5-13H,14-15H2,1-4H3/t21-,22+/m1/s1. The molecule has 0 bridgehead atoms. The van der Waals surface area contributed by atoms with Gasteiger partial charge in [-0.3, -0.25) is 4.90 Å². The highest BCUT2D eigenvalue weighted by atomic mass is 16.6. The molecule has 3 heteroatoms. The van der Waals surface area contributed by atoms with Crippen molar-refractivity contribution in [3.63, 3.8) is 0 Å². The number of nitrogens with zero attached hydrogens (tertiary/aromatic N) is 1. The fraction of sp³-hybridized carbons (Fsp3) is 0.409. The Morgan fingerprint density at radius 2 is 1.52 bits per heavy atom. The molecule has 2 atom stereocenters. The van der Waals surface area contributed by atoms with Crippen molar-refractivity contribution in [1.82, 2.24) is 4.90 Å².